The Hall–Kier alpha value is -1.51. The zero-order chi connectivity index (χ0) is 14.6. The van der Waals surface area contributed by atoms with Crippen LogP contribution in [-0.4, -0.2) is 17.6 Å². The van der Waals surface area contributed by atoms with Crippen molar-refractivity contribution >= 4 is 5.91 Å². The van der Waals surface area contributed by atoms with Crippen LogP contribution in [0, 0.1) is 5.41 Å². The molecule has 0 saturated carbocycles. The van der Waals surface area contributed by atoms with E-state index in [0.717, 1.165) is 6.54 Å². The van der Waals surface area contributed by atoms with Crippen molar-refractivity contribution in [3.05, 3.63) is 30.3 Å². The minimum Gasteiger partial charge on any atom is -0.508 e. The molecule has 104 valence electrons. The van der Waals surface area contributed by atoms with E-state index in [9.17, 15) is 4.79 Å². The van der Waals surface area contributed by atoms with Crippen LogP contribution in [0.5, 0.6) is 5.75 Å². The van der Waals surface area contributed by atoms with Gasteiger partial charge in [0.15, 0.2) is 0 Å². The van der Waals surface area contributed by atoms with Gasteiger partial charge in [0.25, 0.3) is 0 Å². The van der Waals surface area contributed by atoms with Crippen LogP contribution >= 0.6 is 0 Å². The predicted octanol–water partition coefficient (Wildman–Crippen LogP) is 3.59. The molecule has 0 aliphatic carbocycles. The minimum absolute atomic E-state index is 0.0462. The van der Waals surface area contributed by atoms with Crippen molar-refractivity contribution in [2.45, 2.75) is 41.5 Å². The van der Waals surface area contributed by atoms with Gasteiger partial charge < -0.3 is 10.4 Å². The standard InChI is InChI=1S/C7H15NO.C6H6O.C2H6/c1-6(9)8-5-7(2,3)4;7-6-4-2-1-3-5-6;1-2/h5H2,1-4H3,(H,8,9);1-5,7H;1-2H3. The second-order valence-corrected chi connectivity index (χ2v) is 4.81. The molecule has 0 saturated heterocycles. The Morgan fingerprint density at radius 2 is 1.61 bits per heavy atom. The number of aromatic hydroxyl groups is 1. The Morgan fingerprint density at radius 1 is 1.17 bits per heavy atom. The number of phenolic OH excluding ortho intramolecular Hbond substituents is 1. The van der Waals surface area contributed by atoms with Crippen LogP contribution in [0.1, 0.15) is 41.5 Å². The van der Waals surface area contributed by atoms with Crippen LogP contribution in [0.25, 0.3) is 0 Å². The summed E-state index contributed by atoms with van der Waals surface area (Å²) in [5.41, 5.74) is 0.200. The molecule has 1 aromatic rings. The van der Waals surface area contributed by atoms with Crippen molar-refractivity contribution in [3.8, 4) is 5.75 Å². The van der Waals surface area contributed by atoms with Gasteiger partial charge in [-0.1, -0.05) is 52.8 Å². The summed E-state index contributed by atoms with van der Waals surface area (Å²) in [7, 11) is 0. The van der Waals surface area contributed by atoms with Crippen molar-refractivity contribution in [1.29, 1.82) is 0 Å². The van der Waals surface area contributed by atoms with Gasteiger partial charge in [0.1, 0.15) is 5.75 Å². The maximum atomic E-state index is 10.4. The van der Waals surface area contributed by atoms with E-state index in [-0.39, 0.29) is 11.3 Å². The lowest BCUT2D eigenvalue weighted by molar-refractivity contribution is -0.119. The van der Waals surface area contributed by atoms with E-state index in [1.54, 1.807) is 24.3 Å². The maximum Gasteiger partial charge on any atom is 0.216 e. The number of para-hydroxylation sites is 1. The number of hydrogen-bond acceptors (Lipinski definition) is 2. The van der Waals surface area contributed by atoms with Gasteiger partial charge in [0.2, 0.25) is 5.91 Å². The average Bonchev–Trinajstić information content (AvgIpc) is 2.30. The van der Waals surface area contributed by atoms with Gasteiger partial charge in [-0.15, -0.1) is 0 Å². The summed E-state index contributed by atoms with van der Waals surface area (Å²) in [5, 5.41) is 11.4. The highest BCUT2D eigenvalue weighted by molar-refractivity contribution is 5.72. The number of carbonyl (C=O) groups is 1. The van der Waals surface area contributed by atoms with Gasteiger partial charge >= 0.3 is 0 Å². The third kappa shape index (κ3) is 16.9. The molecule has 2 N–H and O–H groups in total. The molecule has 0 bridgehead atoms. The molecule has 0 spiro atoms. The SMILES string of the molecule is CC.CC(=O)NCC(C)(C)C.Oc1ccccc1. The Balaban J connectivity index is 0. The third-order valence-corrected chi connectivity index (χ3v) is 1.62. The largest absolute Gasteiger partial charge is 0.508 e. The molecule has 3 nitrogen and oxygen atoms in total. The summed E-state index contributed by atoms with van der Waals surface area (Å²) in [6, 6.07) is 8.71. The number of amides is 1. The molecule has 0 fully saturated rings. The lowest BCUT2D eigenvalue weighted by Crippen LogP contribution is -2.30. The Labute approximate surface area is 111 Å². The van der Waals surface area contributed by atoms with Gasteiger partial charge in [0.05, 0.1) is 0 Å². The lowest BCUT2D eigenvalue weighted by Gasteiger charge is -2.17. The summed E-state index contributed by atoms with van der Waals surface area (Å²) in [6.07, 6.45) is 0. The van der Waals surface area contributed by atoms with Gasteiger partial charge in [-0.05, 0) is 17.5 Å². The van der Waals surface area contributed by atoms with Crippen LogP contribution in [-0.2, 0) is 4.79 Å². The van der Waals surface area contributed by atoms with Crippen LogP contribution < -0.4 is 5.32 Å². The van der Waals surface area contributed by atoms with E-state index in [1.807, 2.05) is 19.9 Å². The molecule has 0 unspecified atom stereocenters. The fraction of sp³-hybridized carbons (Fsp3) is 0.533. The van der Waals surface area contributed by atoms with E-state index in [1.165, 1.54) is 6.92 Å². The highest BCUT2D eigenvalue weighted by atomic mass is 16.3. The normalized spacial score (nSPS) is 9.22. The van der Waals surface area contributed by atoms with Gasteiger partial charge in [-0.2, -0.15) is 0 Å². The summed E-state index contributed by atoms with van der Waals surface area (Å²) in [4.78, 5) is 10.4. The molecular weight excluding hydrogens is 226 g/mol. The first-order valence-electron chi connectivity index (χ1n) is 6.30. The lowest BCUT2D eigenvalue weighted by atomic mass is 9.97. The third-order valence-electron chi connectivity index (χ3n) is 1.62. The van der Waals surface area contributed by atoms with E-state index in [0.29, 0.717) is 5.75 Å². The van der Waals surface area contributed by atoms with Gasteiger partial charge in [-0.3, -0.25) is 4.79 Å². The molecule has 1 rings (SSSR count). The van der Waals surface area contributed by atoms with E-state index < -0.39 is 0 Å². The van der Waals surface area contributed by atoms with Crippen LogP contribution in [0.15, 0.2) is 30.3 Å². The van der Waals surface area contributed by atoms with Gasteiger partial charge in [0, 0.05) is 13.5 Å². The number of carbonyl (C=O) groups excluding carboxylic acids is 1. The molecule has 0 heterocycles. The first kappa shape index (κ1) is 18.8. The number of benzene rings is 1. The predicted molar refractivity (Wildman–Crippen MR) is 77.6 cm³/mol. The molecule has 0 atom stereocenters. The van der Waals surface area contributed by atoms with Crippen molar-refractivity contribution in [2.75, 3.05) is 6.54 Å². The fourth-order valence-corrected chi connectivity index (χ4v) is 0.818. The molecule has 0 aliphatic rings. The van der Waals surface area contributed by atoms with Crippen molar-refractivity contribution in [1.82, 2.24) is 5.32 Å². The Morgan fingerprint density at radius 3 is 1.78 bits per heavy atom. The highest BCUT2D eigenvalue weighted by Gasteiger charge is 2.09. The Kier molecular flexibility index (Phi) is 11.1. The zero-order valence-electron chi connectivity index (χ0n) is 12.4. The molecule has 0 aromatic heterocycles. The first-order valence-corrected chi connectivity index (χ1v) is 6.30. The molecule has 18 heavy (non-hydrogen) atoms. The zero-order valence-corrected chi connectivity index (χ0v) is 12.4. The highest BCUT2D eigenvalue weighted by Crippen LogP contribution is 2.09. The topological polar surface area (TPSA) is 49.3 Å². The fourth-order valence-electron chi connectivity index (χ4n) is 0.818. The quantitative estimate of drug-likeness (QED) is 0.803. The monoisotopic (exact) mass is 253 g/mol. The van der Waals surface area contributed by atoms with Crippen LogP contribution in [0.3, 0.4) is 0 Å². The molecule has 3 heteroatoms. The van der Waals surface area contributed by atoms with E-state index in [2.05, 4.69) is 26.1 Å². The minimum atomic E-state index is 0.0462. The smallest absolute Gasteiger partial charge is 0.216 e. The number of rotatable bonds is 1. The average molecular weight is 253 g/mol. The van der Waals surface area contributed by atoms with Gasteiger partial charge in [-0.25, -0.2) is 0 Å². The number of phenols is 1. The second kappa shape index (κ2) is 10.6. The van der Waals surface area contributed by atoms with Crippen molar-refractivity contribution < 1.29 is 9.90 Å². The van der Waals surface area contributed by atoms with Crippen molar-refractivity contribution in [2.24, 2.45) is 5.41 Å². The molecule has 0 radical (unpaired) electrons. The molecule has 0 aliphatic heterocycles. The maximum absolute atomic E-state index is 10.4. The summed E-state index contributed by atoms with van der Waals surface area (Å²) in [5.74, 6) is 0.368. The summed E-state index contributed by atoms with van der Waals surface area (Å²) in [6.45, 7) is 12.5. The van der Waals surface area contributed by atoms with E-state index >= 15 is 0 Å². The van der Waals surface area contributed by atoms with Crippen molar-refractivity contribution in [3.63, 3.8) is 0 Å². The second-order valence-electron chi connectivity index (χ2n) is 4.81. The van der Waals surface area contributed by atoms with Crippen LogP contribution in [0.2, 0.25) is 0 Å². The van der Waals surface area contributed by atoms with E-state index in [4.69, 9.17) is 5.11 Å². The van der Waals surface area contributed by atoms with Crippen LogP contribution in [0.4, 0.5) is 0 Å². The summed E-state index contributed by atoms with van der Waals surface area (Å²) >= 11 is 0. The molecule has 1 aromatic carbocycles. The first-order chi connectivity index (χ1) is 8.31. The number of hydrogen-bond donors (Lipinski definition) is 2. The summed E-state index contributed by atoms with van der Waals surface area (Å²) < 4.78 is 0. The number of nitrogens with one attached hydrogen (secondary N) is 1. The molecule has 1 amide bonds. The molecular formula is C15H27NO2. The Bertz CT molecular complexity index is 302.